The molecule has 0 radical (unpaired) electrons. The van der Waals surface area contributed by atoms with Crippen LogP contribution in [0.2, 0.25) is 0 Å². The van der Waals surface area contributed by atoms with Gasteiger partial charge in [-0.15, -0.1) is 0 Å². The zero-order valence-corrected chi connectivity index (χ0v) is 18.2. The number of para-hydroxylation sites is 1. The molecule has 5 heteroatoms. The molecule has 1 N–H and O–H groups in total. The number of nitrogens with zero attached hydrogens (tertiary/aromatic N) is 1. The fraction of sp³-hybridized carbons (Fsp3) is 0.400. The van der Waals surface area contributed by atoms with Crippen LogP contribution in [0.3, 0.4) is 0 Å². The van der Waals surface area contributed by atoms with Crippen LogP contribution in [0.5, 0.6) is 11.5 Å². The molecule has 2 aliphatic heterocycles. The summed E-state index contributed by atoms with van der Waals surface area (Å²) in [5.41, 5.74) is 2.48. The van der Waals surface area contributed by atoms with Gasteiger partial charge in [-0.3, -0.25) is 4.79 Å². The maximum atomic E-state index is 12.4. The minimum atomic E-state index is -0.600. The number of carbonyl (C=O) groups excluding carboxylic acids is 1. The average Bonchev–Trinajstić information content (AvgIpc) is 3.17. The molecule has 4 rings (SSSR count). The molecule has 1 atom stereocenters. The summed E-state index contributed by atoms with van der Waals surface area (Å²) >= 11 is 0. The van der Waals surface area contributed by atoms with Gasteiger partial charge in [0.2, 0.25) is 5.91 Å². The van der Waals surface area contributed by atoms with Crippen molar-refractivity contribution >= 4 is 17.7 Å². The lowest BCUT2D eigenvalue weighted by atomic mass is 9.75. The summed E-state index contributed by atoms with van der Waals surface area (Å²) in [7, 11) is 0. The molecular weight excluding hydrogens is 376 g/mol. The highest BCUT2D eigenvalue weighted by Crippen LogP contribution is 2.52. The van der Waals surface area contributed by atoms with E-state index in [2.05, 4.69) is 61.3 Å². The quantitative estimate of drug-likeness (QED) is 0.735. The molecule has 0 aromatic heterocycles. The van der Waals surface area contributed by atoms with Gasteiger partial charge < -0.3 is 19.7 Å². The Hall–Kier alpha value is -2.95. The first-order valence-corrected chi connectivity index (χ1v) is 10.7. The van der Waals surface area contributed by atoms with Gasteiger partial charge in [0, 0.05) is 11.1 Å². The SMILES string of the molecule is CCCOc1ccc(/C=C/[C@]23NC(=O)CN2c2ccccc2C3(C)C)cc1OCC. The van der Waals surface area contributed by atoms with Crippen LogP contribution in [-0.4, -0.2) is 31.3 Å². The first-order chi connectivity index (χ1) is 14.4. The summed E-state index contributed by atoms with van der Waals surface area (Å²) in [6.45, 7) is 10.0. The summed E-state index contributed by atoms with van der Waals surface area (Å²) in [5.74, 6) is 1.55. The van der Waals surface area contributed by atoms with Crippen LogP contribution in [0.15, 0.2) is 48.5 Å². The number of carbonyl (C=O) groups is 1. The predicted molar refractivity (Wildman–Crippen MR) is 120 cm³/mol. The number of benzene rings is 2. The number of ether oxygens (including phenoxy) is 2. The lowest BCUT2D eigenvalue weighted by Crippen LogP contribution is -2.58. The Kier molecular flexibility index (Phi) is 5.22. The Balaban J connectivity index is 1.71. The first kappa shape index (κ1) is 20.3. The number of hydrogen-bond donors (Lipinski definition) is 1. The highest BCUT2D eigenvalue weighted by Gasteiger charge is 2.59. The van der Waals surface area contributed by atoms with Crippen LogP contribution in [0.1, 0.15) is 45.2 Å². The van der Waals surface area contributed by atoms with E-state index >= 15 is 0 Å². The lowest BCUT2D eigenvalue weighted by molar-refractivity contribution is -0.118. The van der Waals surface area contributed by atoms with Crippen LogP contribution in [0, 0.1) is 0 Å². The van der Waals surface area contributed by atoms with E-state index in [0.717, 1.165) is 29.2 Å². The highest BCUT2D eigenvalue weighted by molar-refractivity contribution is 5.91. The lowest BCUT2D eigenvalue weighted by Gasteiger charge is -2.40. The first-order valence-electron chi connectivity index (χ1n) is 10.7. The molecular formula is C25H30N2O3. The third kappa shape index (κ3) is 3.13. The molecule has 2 heterocycles. The molecule has 1 saturated heterocycles. The van der Waals surface area contributed by atoms with E-state index in [0.29, 0.717) is 19.8 Å². The molecule has 30 heavy (non-hydrogen) atoms. The Morgan fingerprint density at radius 1 is 1.10 bits per heavy atom. The van der Waals surface area contributed by atoms with Gasteiger partial charge in [-0.25, -0.2) is 0 Å². The smallest absolute Gasteiger partial charge is 0.241 e. The van der Waals surface area contributed by atoms with Gasteiger partial charge in [-0.1, -0.05) is 51.1 Å². The van der Waals surface area contributed by atoms with E-state index in [1.54, 1.807) is 0 Å². The van der Waals surface area contributed by atoms with Crippen molar-refractivity contribution in [1.29, 1.82) is 0 Å². The molecule has 158 valence electrons. The van der Waals surface area contributed by atoms with E-state index in [4.69, 9.17) is 9.47 Å². The normalized spacial score (nSPS) is 21.5. The summed E-state index contributed by atoms with van der Waals surface area (Å²) in [5, 5.41) is 3.26. The maximum absolute atomic E-state index is 12.4. The molecule has 2 aliphatic rings. The molecule has 2 aromatic rings. The van der Waals surface area contributed by atoms with Crippen molar-refractivity contribution in [1.82, 2.24) is 5.32 Å². The number of rotatable bonds is 7. The van der Waals surface area contributed by atoms with Gasteiger partial charge in [-0.2, -0.15) is 0 Å². The summed E-state index contributed by atoms with van der Waals surface area (Å²) in [6.07, 6.45) is 5.13. The molecule has 5 nitrogen and oxygen atoms in total. The van der Waals surface area contributed by atoms with Crippen LogP contribution in [-0.2, 0) is 10.2 Å². The summed E-state index contributed by atoms with van der Waals surface area (Å²) < 4.78 is 11.6. The second-order valence-corrected chi connectivity index (χ2v) is 8.36. The summed E-state index contributed by atoms with van der Waals surface area (Å²) in [4.78, 5) is 14.6. The standard InChI is InChI=1S/C25H30N2O3/c1-5-15-30-21-12-11-18(16-22(21)29-6-2)13-14-25-24(3,4)19-9-7-8-10-20(19)27(25)17-23(28)26-25/h7-14,16H,5-6,15,17H2,1-4H3,(H,26,28)/b14-13+/t25-/m0/s1. The van der Waals surface area contributed by atoms with Crippen molar-refractivity contribution in [3.8, 4) is 11.5 Å². The van der Waals surface area contributed by atoms with Crippen molar-refractivity contribution in [3.63, 3.8) is 0 Å². The van der Waals surface area contributed by atoms with E-state index in [9.17, 15) is 4.79 Å². The number of amides is 1. The molecule has 0 bridgehead atoms. The Bertz CT molecular complexity index is 982. The minimum absolute atomic E-state index is 0.0422. The van der Waals surface area contributed by atoms with Gasteiger partial charge in [-0.05, 0) is 48.7 Å². The van der Waals surface area contributed by atoms with Crippen LogP contribution < -0.4 is 19.7 Å². The van der Waals surface area contributed by atoms with Crippen molar-refractivity contribution in [3.05, 3.63) is 59.7 Å². The largest absolute Gasteiger partial charge is 0.490 e. The van der Waals surface area contributed by atoms with E-state index in [-0.39, 0.29) is 11.3 Å². The third-order valence-corrected chi connectivity index (χ3v) is 6.12. The Labute approximate surface area is 178 Å². The number of anilines is 1. The Morgan fingerprint density at radius 2 is 1.90 bits per heavy atom. The van der Waals surface area contributed by atoms with Gasteiger partial charge in [0.1, 0.15) is 5.66 Å². The van der Waals surface area contributed by atoms with Gasteiger partial charge in [0.05, 0.1) is 19.8 Å². The van der Waals surface area contributed by atoms with Crippen molar-refractivity contribution in [2.75, 3.05) is 24.7 Å². The second-order valence-electron chi connectivity index (χ2n) is 8.36. The van der Waals surface area contributed by atoms with E-state index < -0.39 is 5.66 Å². The molecule has 0 aliphatic carbocycles. The molecule has 0 saturated carbocycles. The van der Waals surface area contributed by atoms with Gasteiger partial charge in [0.15, 0.2) is 11.5 Å². The maximum Gasteiger partial charge on any atom is 0.241 e. The monoisotopic (exact) mass is 406 g/mol. The zero-order valence-electron chi connectivity index (χ0n) is 18.2. The van der Waals surface area contributed by atoms with E-state index in [1.807, 2.05) is 31.2 Å². The highest BCUT2D eigenvalue weighted by atomic mass is 16.5. The molecule has 1 amide bonds. The number of hydrogen-bond acceptors (Lipinski definition) is 4. The Morgan fingerprint density at radius 3 is 2.67 bits per heavy atom. The summed E-state index contributed by atoms with van der Waals surface area (Å²) in [6, 6.07) is 14.3. The van der Waals surface area contributed by atoms with Crippen LogP contribution in [0.25, 0.3) is 6.08 Å². The third-order valence-electron chi connectivity index (χ3n) is 6.12. The van der Waals surface area contributed by atoms with Crippen molar-refractivity contribution < 1.29 is 14.3 Å². The molecule has 1 fully saturated rings. The van der Waals surface area contributed by atoms with Crippen LogP contribution in [0.4, 0.5) is 5.69 Å². The predicted octanol–water partition coefficient (Wildman–Crippen LogP) is 4.51. The molecule has 2 aromatic carbocycles. The fourth-order valence-corrected chi connectivity index (χ4v) is 4.58. The van der Waals surface area contributed by atoms with Gasteiger partial charge >= 0.3 is 0 Å². The topological polar surface area (TPSA) is 50.8 Å². The minimum Gasteiger partial charge on any atom is -0.490 e. The van der Waals surface area contributed by atoms with Crippen molar-refractivity contribution in [2.45, 2.75) is 45.2 Å². The van der Waals surface area contributed by atoms with Crippen molar-refractivity contribution in [2.24, 2.45) is 0 Å². The van der Waals surface area contributed by atoms with Crippen LogP contribution >= 0.6 is 0 Å². The fourth-order valence-electron chi connectivity index (χ4n) is 4.58. The molecule has 0 unspecified atom stereocenters. The van der Waals surface area contributed by atoms with Gasteiger partial charge in [0.25, 0.3) is 0 Å². The van der Waals surface area contributed by atoms with E-state index in [1.165, 1.54) is 5.56 Å². The average molecular weight is 407 g/mol. The zero-order chi connectivity index (χ0) is 21.4. The molecule has 0 spiro atoms. The number of nitrogens with one attached hydrogen (secondary N) is 1. The second kappa shape index (κ2) is 7.71. The number of fused-ring (bicyclic) bond motifs is 3.